The molecular formula is C81H76Ir3N4O6-2. The van der Waals surface area contributed by atoms with Gasteiger partial charge in [-0.15, -0.1) is 107 Å². The van der Waals surface area contributed by atoms with Gasteiger partial charge in [0, 0.05) is 101 Å². The van der Waals surface area contributed by atoms with Crippen LogP contribution in [-0.2, 0) is 81.2 Å². The smallest absolute Gasteiger partial charge is 0.216 e. The number of ketones is 3. The van der Waals surface area contributed by atoms with Crippen LogP contribution in [0.3, 0.4) is 0 Å². The van der Waals surface area contributed by atoms with E-state index in [1.54, 1.807) is 0 Å². The zero-order valence-electron chi connectivity index (χ0n) is 54.5. The number of carbonyl (C=O) groups is 3. The van der Waals surface area contributed by atoms with Crippen molar-refractivity contribution in [1.82, 2.24) is 15.0 Å². The summed E-state index contributed by atoms with van der Waals surface area (Å²) >= 11 is 0. The number of fused-ring (bicyclic) bond motifs is 8. The Bertz CT molecular complexity index is 4530. The van der Waals surface area contributed by atoms with E-state index in [4.69, 9.17) is 20.3 Å². The molecule has 13 rings (SSSR count). The summed E-state index contributed by atoms with van der Waals surface area (Å²) in [5.74, 6) is -0.187. The van der Waals surface area contributed by atoms with Crippen molar-refractivity contribution in [2.75, 3.05) is 0 Å². The van der Waals surface area contributed by atoms with E-state index in [-0.39, 0.29) is 94.9 Å². The van der Waals surface area contributed by atoms with E-state index in [9.17, 15) is 14.4 Å². The third kappa shape index (κ3) is 23.8. The number of hydrogen-bond donors (Lipinski definition) is 3. The molecule has 0 saturated carbocycles. The van der Waals surface area contributed by atoms with Crippen LogP contribution in [0.4, 0.5) is 0 Å². The van der Waals surface area contributed by atoms with Crippen LogP contribution in [-0.4, -0.2) is 47.6 Å². The predicted molar refractivity (Wildman–Crippen MR) is 372 cm³/mol. The first-order valence-corrected chi connectivity index (χ1v) is 29.8. The van der Waals surface area contributed by atoms with E-state index >= 15 is 0 Å². The molecule has 0 bridgehead atoms. The molecule has 0 saturated heterocycles. The minimum Gasteiger partial charge on any atom is -0.512 e. The second kappa shape index (κ2) is 38.2. The quantitative estimate of drug-likeness (QED) is 0.0639. The van der Waals surface area contributed by atoms with Crippen LogP contribution in [0, 0.1) is 52.8 Å². The normalized spacial score (nSPS) is 10.9. The Kier molecular flexibility index (Phi) is 31.5. The van der Waals surface area contributed by atoms with Crippen LogP contribution in [0.15, 0.2) is 248 Å². The van der Waals surface area contributed by atoms with Gasteiger partial charge in [0.1, 0.15) is 0 Å². The van der Waals surface area contributed by atoms with Crippen LogP contribution in [0.2, 0.25) is 0 Å². The fourth-order valence-electron chi connectivity index (χ4n) is 10.1. The van der Waals surface area contributed by atoms with E-state index in [2.05, 4.69) is 201 Å². The van der Waals surface area contributed by atoms with E-state index in [1.807, 2.05) is 78.9 Å². The molecule has 3 radical (unpaired) electrons. The Morgan fingerprint density at radius 1 is 0.415 bits per heavy atom. The maximum atomic E-state index is 10.0. The monoisotopic (exact) mass is 1780 g/mol. The number of aryl methyl sites for hydroxylation is 5. The average Bonchev–Trinajstić information content (AvgIpc) is 1.59. The van der Waals surface area contributed by atoms with Gasteiger partial charge in [-0.05, 0) is 143 Å². The van der Waals surface area contributed by atoms with Gasteiger partial charge in [0.2, 0.25) is 11.2 Å². The number of rotatable bonds is 6. The van der Waals surface area contributed by atoms with Crippen molar-refractivity contribution in [3.05, 3.63) is 299 Å². The number of carbonyl (C=O) groups excluding carboxylic acids is 3. The van der Waals surface area contributed by atoms with Crippen molar-refractivity contribution in [2.45, 2.75) is 82.7 Å². The first-order valence-electron chi connectivity index (χ1n) is 29.8. The van der Waals surface area contributed by atoms with Gasteiger partial charge in [0.25, 0.3) is 0 Å². The Hall–Kier alpha value is -9.02. The Morgan fingerprint density at radius 2 is 0.830 bits per heavy atom. The number of para-hydroxylation sites is 2. The summed E-state index contributed by atoms with van der Waals surface area (Å²) < 4.78 is 2.44. The van der Waals surface area contributed by atoms with E-state index in [0.717, 1.165) is 62.4 Å². The van der Waals surface area contributed by atoms with Gasteiger partial charge >= 0.3 is 0 Å². The van der Waals surface area contributed by atoms with Gasteiger partial charge in [-0.3, -0.25) is 29.3 Å². The standard InChI is InChI=1S/C18H16N.C17H14N.C16H12N.C15H10N.3C5H8O2.3Ir/c1-12-4-5-15-6-7-17(19-18(15)11-12)16-9-13(2)8-14(3)10-16;1-12-10-13-6-3-5-9-16(13)18-11-14-7-2-4-8-15(14)17(12)18;1-12-7-8-14-9-10-15(17-16(14)11-12)13-5-3-2-4-6-13;1-2-6-12(7-3-1)15-11-10-13-8-4-5-9-14(13)16-15;3*1-4(6)3-5(2)7;;;/h4-9,11H,1-3H3;2-10H,11H2,1H3;2-5,7-11H,1H3;1-6,8-11H;3*3,6H,1-2H3;;;/q-1;+1;2*-1;;;;;;. The number of benzene rings is 8. The Morgan fingerprint density at radius 3 is 1.29 bits per heavy atom. The van der Waals surface area contributed by atoms with Crippen molar-refractivity contribution in [2.24, 2.45) is 0 Å². The number of nitrogens with zero attached hydrogens (tertiary/aromatic N) is 4. The number of pyridine rings is 4. The summed E-state index contributed by atoms with van der Waals surface area (Å²) in [6.07, 6.45) is 3.50. The van der Waals surface area contributed by atoms with Gasteiger partial charge in [0.15, 0.2) is 23.9 Å². The molecule has 5 heterocycles. The molecule has 0 spiro atoms. The van der Waals surface area contributed by atoms with Crippen LogP contribution < -0.4 is 4.57 Å². The van der Waals surface area contributed by atoms with Crippen LogP contribution in [0.25, 0.3) is 88.6 Å². The maximum absolute atomic E-state index is 10.0. The summed E-state index contributed by atoms with van der Waals surface area (Å²) in [6.45, 7) is 20.1. The molecule has 0 unspecified atom stereocenters. The van der Waals surface area contributed by atoms with Crippen LogP contribution in [0.1, 0.15) is 74.9 Å². The summed E-state index contributed by atoms with van der Waals surface area (Å²) in [6, 6.07) is 82.8. The van der Waals surface area contributed by atoms with Crippen LogP contribution in [0.5, 0.6) is 0 Å². The number of aromatic nitrogens is 4. The molecule has 10 nitrogen and oxygen atoms in total. The Labute approximate surface area is 593 Å². The largest absolute Gasteiger partial charge is 0.512 e. The van der Waals surface area contributed by atoms with Crippen molar-refractivity contribution >= 4 is 61.0 Å². The molecule has 485 valence electrons. The van der Waals surface area contributed by atoms with Crippen LogP contribution >= 0.6 is 0 Å². The molecule has 1 aliphatic heterocycles. The molecule has 0 aliphatic carbocycles. The van der Waals surface area contributed by atoms with Gasteiger partial charge in [-0.1, -0.05) is 123 Å². The predicted octanol–water partition coefficient (Wildman–Crippen LogP) is 18.9. The molecule has 8 aromatic carbocycles. The van der Waals surface area contributed by atoms with Crippen molar-refractivity contribution in [3.63, 3.8) is 0 Å². The molecule has 4 aromatic heterocycles. The van der Waals surface area contributed by atoms with Crippen molar-refractivity contribution in [3.8, 4) is 45.0 Å². The zero-order chi connectivity index (χ0) is 65.6. The molecule has 12 aromatic rings. The van der Waals surface area contributed by atoms with E-state index in [1.165, 1.54) is 126 Å². The molecule has 0 atom stereocenters. The summed E-state index contributed by atoms with van der Waals surface area (Å²) in [4.78, 5) is 44.1. The molecule has 0 amide bonds. The summed E-state index contributed by atoms with van der Waals surface area (Å²) in [5.41, 5.74) is 21.0. The molecule has 1 aliphatic rings. The number of aliphatic hydroxyl groups excluding tert-OH is 3. The molecular weight excluding hydrogens is 1700 g/mol. The minimum absolute atomic E-state index is 0. The second-order valence-electron chi connectivity index (χ2n) is 22.1. The van der Waals surface area contributed by atoms with E-state index in [0.29, 0.717) is 0 Å². The number of hydrogen-bond acceptors (Lipinski definition) is 9. The van der Waals surface area contributed by atoms with Gasteiger partial charge < -0.3 is 15.3 Å². The summed E-state index contributed by atoms with van der Waals surface area (Å²) in [7, 11) is 0. The number of aliphatic hydroxyl groups is 3. The average molecular weight is 1780 g/mol. The second-order valence-corrected chi connectivity index (χ2v) is 22.1. The van der Waals surface area contributed by atoms with Gasteiger partial charge in [-0.25, -0.2) is 0 Å². The molecule has 94 heavy (non-hydrogen) atoms. The van der Waals surface area contributed by atoms with Gasteiger partial charge in [0.05, 0.1) is 39.4 Å². The maximum Gasteiger partial charge on any atom is 0.216 e. The first-order chi connectivity index (χ1) is 43.6. The fourth-order valence-corrected chi connectivity index (χ4v) is 10.1. The van der Waals surface area contributed by atoms with E-state index < -0.39 is 0 Å². The number of allylic oxidation sites excluding steroid dienone is 6. The Balaban J connectivity index is 0.000000241. The minimum atomic E-state index is -0.125. The fraction of sp³-hybridized carbons (Fsp3) is 0.148. The third-order valence-electron chi connectivity index (χ3n) is 13.8. The third-order valence-corrected chi connectivity index (χ3v) is 13.8. The molecule has 0 fully saturated rings. The topological polar surface area (TPSA) is 154 Å². The van der Waals surface area contributed by atoms with Crippen molar-refractivity contribution in [1.29, 1.82) is 0 Å². The first kappa shape index (κ1) is 77.4. The molecule has 3 N–H and O–H groups in total. The SMILES string of the molecule is CC(=O)C=C(C)O.CC(=O)C=C(C)O.CC(=O)C=C(C)O.Cc1[c-]c(-c2ccc3ccc(C)cc3n2)cc(C)c1.Cc1cc2ccccc2[n+]2c1-c1ccccc1C2.Cc1ccc2ccc(-c3[c-]cccc3)nc2c1.[Ir].[Ir].[Ir].[c-]1ccccc1-c1ccc2ccccc2n1. The summed E-state index contributed by atoms with van der Waals surface area (Å²) in [5, 5.41) is 29.9. The molecule has 13 heteroatoms. The van der Waals surface area contributed by atoms with Gasteiger partial charge in [-0.2, -0.15) is 4.57 Å². The zero-order valence-corrected chi connectivity index (χ0v) is 61.7. The van der Waals surface area contributed by atoms with Crippen molar-refractivity contribution < 1.29 is 94.6 Å².